The number of methoxy groups -OCH3 is 1. The Morgan fingerprint density at radius 2 is 2.12 bits per heavy atom. The third-order valence-electron chi connectivity index (χ3n) is 2.24. The van der Waals surface area contributed by atoms with Gasteiger partial charge in [0.25, 0.3) is 0 Å². The quantitative estimate of drug-likeness (QED) is 0.681. The number of rotatable bonds is 6. The average Bonchev–Trinajstić information content (AvgIpc) is 2.30. The highest BCUT2D eigenvalue weighted by atomic mass is 16.5. The van der Waals surface area contributed by atoms with Crippen molar-refractivity contribution in [3.63, 3.8) is 0 Å². The predicted octanol–water partition coefficient (Wildman–Crippen LogP) is 0.319. The molecule has 88 valence electrons. The van der Waals surface area contributed by atoms with E-state index < -0.39 is 6.04 Å². The maximum Gasteiger partial charge on any atom is 0.237 e. The van der Waals surface area contributed by atoms with Crippen LogP contribution < -0.4 is 11.1 Å². The zero-order valence-corrected chi connectivity index (χ0v) is 9.48. The van der Waals surface area contributed by atoms with E-state index >= 15 is 0 Å². The minimum Gasteiger partial charge on any atom is -0.383 e. The summed E-state index contributed by atoms with van der Waals surface area (Å²) < 4.78 is 4.83. The summed E-state index contributed by atoms with van der Waals surface area (Å²) in [5.74, 6) is -0.138. The Bertz CT molecular complexity index is 314. The first kappa shape index (κ1) is 12.7. The molecule has 0 saturated carbocycles. The Hall–Kier alpha value is -1.39. The number of nitrogens with one attached hydrogen (secondary N) is 1. The molecule has 0 aliphatic rings. The number of carbonyl (C=O) groups is 1. The number of ether oxygens (including phenoxy) is 1. The van der Waals surface area contributed by atoms with E-state index in [0.29, 0.717) is 19.6 Å². The van der Waals surface area contributed by atoms with Gasteiger partial charge in [0.15, 0.2) is 0 Å². The fourth-order valence-electron chi connectivity index (χ4n) is 1.37. The van der Waals surface area contributed by atoms with Crippen LogP contribution in [0.15, 0.2) is 30.3 Å². The summed E-state index contributed by atoms with van der Waals surface area (Å²) in [5.41, 5.74) is 6.85. The van der Waals surface area contributed by atoms with Crippen molar-refractivity contribution in [3.05, 3.63) is 35.9 Å². The minimum absolute atomic E-state index is 0.138. The van der Waals surface area contributed by atoms with Gasteiger partial charge in [-0.2, -0.15) is 0 Å². The molecule has 1 atom stereocenters. The second-order valence-corrected chi connectivity index (χ2v) is 3.58. The zero-order valence-electron chi connectivity index (χ0n) is 9.48. The predicted molar refractivity (Wildman–Crippen MR) is 63.0 cm³/mol. The number of benzene rings is 1. The van der Waals surface area contributed by atoms with Gasteiger partial charge in [0.1, 0.15) is 0 Å². The van der Waals surface area contributed by atoms with Crippen molar-refractivity contribution in [2.75, 3.05) is 20.3 Å². The van der Waals surface area contributed by atoms with Crippen molar-refractivity contribution in [2.24, 2.45) is 5.73 Å². The highest BCUT2D eigenvalue weighted by Gasteiger charge is 2.12. The highest BCUT2D eigenvalue weighted by Crippen LogP contribution is 2.01. The average molecular weight is 222 g/mol. The van der Waals surface area contributed by atoms with E-state index in [0.717, 1.165) is 5.56 Å². The minimum atomic E-state index is -0.501. The summed E-state index contributed by atoms with van der Waals surface area (Å²) in [6.07, 6.45) is 0.555. The van der Waals surface area contributed by atoms with Crippen LogP contribution in [0, 0.1) is 0 Å². The molecule has 0 aliphatic carbocycles. The standard InChI is InChI=1S/C12H18N2O2/c1-16-8-7-14-12(15)11(13)9-10-5-3-2-4-6-10/h2-6,11H,7-9,13H2,1H3,(H,14,15). The monoisotopic (exact) mass is 222 g/mol. The fraction of sp³-hybridized carbons (Fsp3) is 0.417. The SMILES string of the molecule is COCCNC(=O)C(N)Cc1ccccc1. The van der Waals surface area contributed by atoms with Crippen LogP contribution in [0.4, 0.5) is 0 Å². The Kier molecular flexibility index (Phi) is 5.53. The van der Waals surface area contributed by atoms with E-state index in [1.54, 1.807) is 7.11 Å². The van der Waals surface area contributed by atoms with Gasteiger partial charge in [0.05, 0.1) is 12.6 Å². The van der Waals surface area contributed by atoms with Crippen LogP contribution in [0.1, 0.15) is 5.56 Å². The van der Waals surface area contributed by atoms with Crippen molar-refractivity contribution in [1.82, 2.24) is 5.32 Å². The van der Waals surface area contributed by atoms with Crippen LogP contribution in [0.5, 0.6) is 0 Å². The van der Waals surface area contributed by atoms with Gasteiger partial charge >= 0.3 is 0 Å². The summed E-state index contributed by atoms with van der Waals surface area (Å²) >= 11 is 0. The topological polar surface area (TPSA) is 64.3 Å². The molecule has 0 spiro atoms. The van der Waals surface area contributed by atoms with E-state index in [9.17, 15) is 4.79 Å². The van der Waals surface area contributed by atoms with Crippen molar-refractivity contribution < 1.29 is 9.53 Å². The lowest BCUT2D eigenvalue weighted by atomic mass is 10.1. The van der Waals surface area contributed by atoms with Crippen molar-refractivity contribution in [3.8, 4) is 0 Å². The summed E-state index contributed by atoms with van der Waals surface area (Å²) in [4.78, 5) is 11.5. The van der Waals surface area contributed by atoms with Crippen molar-refractivity contribution >= 4 is 5.91 Å². The Balaban J connectivity index is 2.34. The molecule has 0 fully saturated rings. The number of hydrogen-bond donors (Lipinski definition) is 2. The summed E-state index contributed by atoms with van der Waals surface area (Å²) in [6.45, 7) is 1.00. The van der Waals surface area contributed by atoms with E-state index in [2.05, 4.69) is 5.32 Å². The van der Waals surface area contributed by atoms with Gasteiger partial charge in [-0.15, -0.1) is 0 Å². The first-order valence-electron chi connectivity index (χ1n) is 5.30. The van der Waals surface area contributed by atoms with Gasteiger partial charge in [0, 0.05) is 13.7 Å². The first-order chi connectivity index (χ1) is 7.74. The third-order valence-corrected chi connectivity index (χ3v) is 2.24. The van der Waals surface area contributed by atoms with Crippen LogP contribution in [0.3, 0.4) is 0 Å². The third kappa shape index (κ3) is 4.42. The molecule has 1 aromatic rings. The summed E-state index contributed by atoms with van der Waals surface area (Å²) in [7, 11) is 1.59. The highest BCUT2D eigenvalue weighted by molar-refractivity contribution is 5.81. The molecule has 0 bridgehead atoms. The maximum absolute atomic E-state index is 11.5. The van der Waals surface area contributed by atoms with Crippen LogP contribution in [0.2, 0.25) is 0 Å². The van der Waals surface area contributed by atoms with Gasteiger partial charge < -0.3 is 15.8 Å². The molecule has 0 aromatic heterocycles. The second kappa shape index (κ2) is 6.98. The first-order valence-corrected chi connectivity index (χ1v) is 5.30. The Morgan fingerprint density at radius 1 is 1.44 bits per heavy atom. The second-order valence-electron chi connectivity index (χ2n) is 3.58. The molecule has 4 nitrogen and oxygen atoms in total. The molecule has 1 amide bonds. The Labute approximate surface area is 95.8 Å². The Morgan fingerprint density at radius 3 is 2.75 bits per heavy atom. The maximum atomic E-state index is 11.5. The number of hydrogen-bond acceptors (Lipinski definition) is 3. The molecule has 0 heterocycles. The molecular weight excluding hydrogens is 204 g/mol. The molecule has 0 saturated heterocycles. The molecule has 1 aromatic carbocycles. The number of nitrogens with two attached hydrogens (primary N) is 1. The van der Waals surface area contributed by atoms with Gasteiger partial charge in [-0.1, -0.05) is 30.3 Å². The van der Waals surface area contributed by atoms with E-state index in [1.807, 2.05) is 30.3 Å². The smallest absolute Gasteiger partial charge is 0.237 e. The lowest BCUT2D eigenvalue weighted by Gasteiger charge is -2.11. The van der Waals surface area contributed by atoms with E-state index in [-0.39, 0.29) is 5.91 Å². The molecule has 4 heteroatoms. The van der Waals surface area contributed by atoms with Crippen LogP contribution >= 0.6 is 0 Å². The molecule has 1 unspecified atom stereocenters. The van der Waals surface area contributed by atoms with Crippen LogP contribution in [-0.2, 0) is 16.0 Å². The summed E-state index contributed by atoms with van der Waals surface area (Å²) in [6, 6.07) is 9.23. The summed E-state index contributed by atoms with van der Waals surface area (Å²) in [5, 5.41) is 2.71. The number of amides is 1. The van der Waals surface area contributed by atoms with Crippen molar-refractivity contribution in [2.45, 2.75) is 12.5 Å². The normalized spacial score (nSPS) is 12.1. The zero-order chi connectivity index (χ0) is 11.8. The van der Waals surface area contributed by atoms with Crippen LogP contribution in [0.25, 0.3) is 0 Å². The molecule has 16 heavy (non-hydrogen) atoms. The van der Waals surface area contributed by atoms with Gasteiger partial charge in [-0.25, -0.2) is 0 Å². The molecular formula is C12H18N2O2. The molecule has 1 rings (SSSR count). The molecule has 3 N–H and O–H groups in total. The number of carbonyl (C=O) groups excluding carboxylic acids is 1. The van der Waals surface area contributed by atoms with Gasteiger partial charge in [-0.3, -0.25) is 4.79 Å². The van der Waals surface area contributed by atoms with Gasteiger partial charge in [-0.05, 0) is 12.0 Å². The molecule has 0 aliphatic heterocycles. The molecule has 0 radical (unpaired) electrons. The van der Waals surface area contributed by atoms with Gasteiger partial charge in [0.2, 0.25) is 5.91 Å². The lowest BCUT2D eigenvalue weighted by molar-refractivity contribution is -0.122. The van der Waals surface area contributed by atoms with Crippen LogP contribution in [-0.4, -0.2) is 32.2 Å². The van der Waals surface area contributed by atoms with E-state index in [1.165, 1.54) is 0 Å². The lowest BCUT2D eigenvalue weighted by Crippen LogP contribution is -2.43. The fourth-order valence-corrected chi connectivity index (χ4v) is 1.37. The van der Waals surface area contributed by atoms with Crippen molar-refractivity contribution in [1.29, 1.82) is 0 Å². The van der Waals surface area contributed by atoms with E-state index in [4.69, 9.17) is 10.5 Å². The largest absolute Gasteiger partial charge is 0.383 e.